The lowest BCUT2D eigenvalue weighted by molar-refractivity contribution is -0.125. The predicted molar refractivity (Wildman–Crippen MR) is 68.7 cm³/mol. The zero-order valence-electron chi connectivity index (χ0n) is 10.4. The SMILES string of the molecule is CCOCC(=O)NCc1cccc(C#CCO)c1. The molecule has 1 aromatic carbocycles. The summed E-state index contributed by atoms with van der Waals surface area (Å²) in [6.45, 7) is 2.74. The number of rotatable bonds is 5. The summed E-state index contributed by atoms with van der Waals surface area (Å²) in [4.78, 5) is 11.3. The highest BCUT2D eigenvalue weighted by Gasteiger charge is 2.00. The number of ether oxygens (including phenoxy) is 1. The highest BCUT2D eigenvalue weighted by Crippen LogP contribution is 2.03. The molecule has 0 unspecified atom stereocenters. The number of benzene rings is 1. The molecule has 0 radical (unpaired) electrons. The Kier molecular flexibility index (Phi) is 6.55. The second-order valence-electron chi connectivity index (χ2n) is 3.57. The molecule has 0 aliphatic carbocycles. The van der Waals surface area contributed by atoms with Gasteiger partial charge in [-0.3, -0.25) is 4.79 Å². The Morgan fingerprint density at radius 1 is 1.50 bits per heavy atom. The summed E-state index contributed by atoms with van der Waals surface area (Å²) in [5.41, 5.74) is 1.78. The molecule has 0 bridgehead atoms. The van der Waals surface area contributed by atoms with Crippen LogP contribution in [0.4, 0.5) is 0 Å². The summed E-state index contributed by atoms with van der Waals surface area (Å²) in [6.07, 6.45) is 0. The Morgan fingerprint density at radius 2 is 2.33 bits per heavy atom. The van der Waals surface area contributed by atoms with E-state index in [1.54, 1.807) is 0 Å². The molecule has 0 atom stereocenters. The third kappa shape index (κ3) is 5.48. The summed E-state index contributed by atoms with van der Waals surface area (Å²) in [7, 11) is 0. The minimum atomic E-state index is -0.157. The molecule has 0 aliphatic heterocycles. The molecule has 4 nitrogen and oxygen atoms in total. The van der Waals surface area contributed by atoms with E-state index in [2.05, 4.69) is 17.2 Å². The van der Waals surface area contributed by atoms with Crippen LogP contribution in [0.25, 0.3) is 0 Å². The number of hydrogen-bond donors (Lipinski definition) is 2. The van der Waals surface area contributed by atoms with E-state index in [1.165, 1.54) is 0 Å². The number of carbonyl (C=O) groups excluding carboxylic acids is 1. The zero-order chi connectivity index (χ0) is 13.2. The predicted octanol–water partition coefficient (Wildman–Crippen LogP) is 0.683. The van der Waals surface area contributed by atoms with Gasteiger partial charge in [0.1, 0.15) is 13.2 Å². The lowest BCUT2D eigenvalue weighted by Crippen LogP contribution is -2.27. The normalized spacial score (nSPS) is 9.44. The number of amides is 1. The van der Waals surface area contributed by atoms with Crippen molar-refractivity contribution < 1.29 is 14.6 Å². The second kappa shape index (κ2) is 8.29. The van der Waals surface area contributed by atoms with Crippen molar-refractivity contribution in [1.82, 2.24) is 5.32 Å². The third-order valence-corrected chi connectivity index (χ3v) is 2.17. The molecule has 0 saturated carbocycles. The number of aliphatic hydroxyl groups excluding tert-OH is 1. The minimum absolute atomic E-state index is 0.0838. The second-order valence-corrected chi connectivity index (χ2v) is 3.57. The maximum atomic E-state index is 11.3. The van der Waals surface area contributed by atoms with Crippen molar-refractivity contribution in [2.24, 2.45) is 0 Å². The number of hydrogen-bond acceptors (Lipinski definition) is 3. The Labute approximate surface area is 107 Å². The van der Waals surface area contributed by atoms with Crippen molar-refractivity contribution in [2.45, 2.75) is 13.5 Å². The summed E-state index contributed by atoms with van der Waals surface area (Å²) < 4.78 is 5.00. The fourth-order valence-corrected chi connectivity index (χ4v) is 1.35. The molecule has 0 spiro atoms. The van der Waals surface area contributed by atoms with E-state index in [-0.39, 0.29) is 19.1 Å². The summed E-state index contributed by atoms with van der Waals surface area (Å²) in [5, 5.41) is 11.4. The molecule has 1 rings (SSSR count). The van der Waals surface area contributed by atoms with Gasteiger partial charge >= 0.3 is 0 Å². The van der Waals surface area contributed by atoms with Gasteiger partial charge in [0.25, 0.3) is 0 Å². The van der Waals surface area contributed by atoms with Crippen LogP contribution < -0.4 is 5.32 Å². The molecule has 1 aromatic rings. The van der Waals surface area contributed by atoms with Crippen LogP contribution >= 0.6 is 0 Å². The maximum Gasteiger partial charge on any atom is 0.246 e. The summed E-state index contributed by atoms with van der Waals surface area (Å²) in [6, 6.07) is 7.51. The average molecular weight is 247 g/mol. The first-order chi connectivity index (χ1) is 8.76. The van der Waals surface area contributed by atoms with Gasteiger partial charge in [-0.15, -0.1) is 0 Å². The van der Waals surface area contributed by atoms with Crippen molar-refractivity contribution in [3.63, 3.8) is 0 Å². The van der Waals surface area contributed by atoms with E-state index in [1.807, 2.05) is 31.2 Å². The van der Waals surface area contributed by atoms with Crippen LogP contribution in [0.1, 0.15) is 18.1 Å². The molecule has 2 N–H and O–H groups in total. The van der Waals surface area contributed by atoms with Crippen LogP contribution in [0.2, 0.25) is 0 Å². The van der Waals surface area contributed by atoms with E-state index in [4.69, 9.17) is 9.84 Å². The summed E-state index contributed by atoms with van der Waals surface area (Å²) >= 11 is 0. The van der Waals surface area contributed by atoms with Gasteiger partial charge in [0.15, 0.2) is 0 Å². The van der Waals surface area contributed by atoms with Crippen LogP contribution in [0.3, 0.4) is 0 Å². The van der Waals surface area contributed by atoms with E-state index < -0.39 is 0 Å². The van der Waals surface area contributed by atoms with Gasteiger partial charge in [0.05, 0.1) is 0 Å². The molecule has 0 aromatic heterocycles. The fraction of sp³-hybridized carbons (Fsp3) is 0.357. The van der Waals surface area contributed by atoms with E-state index in [9.17, 15) is 4.79 Å². The van der Waals surface area contributed by atoms with Gasteiger partial charge in [-0.25, -0.2) is 0 Å². The molecule has 0 heterocycles. The molecule has 0 saturated heterocycles. The highest BCUT2D eigenvalue weighted by molar-refractivity contribution is 5.77. The monoisotopic (exact) mass is 247 g/mol. The third-order valence-electron chi connectivity index (χ3n) is 2.17. The topological polar surface area (TPSA) is 58.6 Å². The lowest BCUT2D eigenvalue weighted by Gasteiger charge is -2.05. The van der Waals surface area contributed by atoms with Gasteiger partial charge < -0.3 is 15.2 Å². The number of carbonyl (C=O) groups is 1. The minimum Gasteiger partial charge on any atom is -0.384 e. The molecule has 0 aliphatic rings. The van der Waals surface area contributed by atoms with Gasteiger partial charge in [-0.1, -0.05) is 24.0 Å². The fourth-order valence-electron chi connectivity index (χ4n) is 1.35. The molecular weight excluding hydrogens is 230 g/mol. The van der Waals surface area contributed by atoms with E-state index in [0.717, 1.165) is 11.1 Å². The van der Waals surface area contributed by atoms with Crippen LogP contribution in [-0.2, 0) is 16.1 Å². The van der Waals surface area contributed by atoms with Gasteiger partial charge in [-0.2, -0.15) is 0 Å². The molecule has 96 valence electrons. The van der Waals surface area contributed by atoms with Gasteiger partial charge in [-0.05, 0) is 24.6 Å². The first-order valence-corrected chi connectivity index (χ1v) is 5.79. The van der Waals surface area contributed by atoms with Gasteiger partial charge in [0, 0.05) is 18.7 Å². The molecule has 1 amide bonds. The first-order valence-electron chi connectivity index (χ1n) is 5.79. The summed E-state index contributed by atoms with van der Waals surface area (Å²) in [5.74, 6) is 5.27. The standard InChI is InChI=1S/C14H17NO3/c1-2-18-11-14(17)15-10-13-6-3-5-12(9-13)7-4-8-16/h3,5-6,9,16H,2,8,10-11H2,1H3,(H,15,17). The Bertz CT molecular complexity index is 446. The maximum absolute atomic E-state index is 11.3. The van der Waals surface area contributed by atoms with Crippen molar-refractivity contribution in [3.05, 3.63) is 35.4 Å². The Hall–Kier alpha value is -1.83. The van der Waals surface area contributed by atoms with E-state index >= 15 is 0 Å². The van der Waals surface area contributed by atoms with Crippen molar-refractivity contribution in [1.29, 1.82) is 0 Å². The Morgan fingerprint density at radius 3 is 3.06 bits per heavy atom. The van der Waals surface area contributed by atoms with Crippen molar-refractivity contribution in [3.8, 4) is 11.8 Å². The quantitative estimate of drug-likeness (QED) is 0.752. The van der Waals surface area contributed by atoms with E-state index in [0.29, 0.717) is 13.2 Å². The van der Waals surface area contributed by atoms with Crippen LogP contribution in [-0.4, -0.2) is 30.8 Å². The average Bonchev–Trinajstić information content (AvgIpc) is 2.41. The van der Waals surface area contributed by atoms with Crippen molar-refractivity contribution >= 4 is 5.91 Å². The molecular formula is C14H17NO3. The van der Waals surface area contributed by atoms with Gasteiger partial charge in [0.2, 0.25) is 5.91 Å². The van der Waals surface area contributed by atoms with Crippen LogP contribution in [0, 0.1) is 11.8 Å². The highest BCUT2D eigenvalue weighted by atomic mass is 16.5. The lowest BCUT2D eigenvalue weighted by atomic mass is 10.1. The number of nitrogens with one attached hydrogen (secondary N) is 1. The van der Waals surface area contributed by atoms with Crippen molar-refractivity contribution in [2.75, 3.05) is 19.8 Å². The first kappa shape index (κ1) is 14.2. The smallest absolute Gasteiger partial charge is 0.246 e. The molecule has 18 heavy (non-hydrogen) atoms. The van der Waals surface area contributed by atoms with Crippen LogP contribution in [0.5, 0.6) is 0 Å². The zero-order valence-corrected chi connectivity index (χ0v) is 10.4. The van der Waals surface area contributed by atoms with Crippen LogP contribution in [0.15, 0.2) is 24.3 Å². The largest absolute Gasteiger partial charge is 0.384 e. The molecule has 0 fully saturated rings. The molecule has 4 heteroatoms. The number of aliphatic hydroxyl groups is 1. The Balaban J connectivity index is 2.49.